The van der Waals surface area contributed by atoms with Crippen molar-refractivity contribution in [3.8, 4) is 0 Å². The van der Waals surface area contributed by atoms with Crippen LogP contribution in [0, 0.1) is 5.92 Å². The van der Waals surface area contributed by atoms with E-state index in [0.29, 0.717) is 18.7 Å². The summed E-state index contributed by atoms with van der Waals surface area (Å²) >= 11 is 1.32. The van der Waals surface area contributed by atoms with Crippen LogP contribution in [0.3, 0.4) is 0 Å². The van der Waals surface area contributed by atoms with Gasteiger partial charge in [-0.05, 0) is 64.3 Å². The number of nitrogen functional groups attached to an aromatic ring is 1. The van der Waals surface area contributed by atoms with Gasteiger partial charge in [0, 0.05) is 17.7 Å². The lowest BCUT2D eigenvalue weighted by molar-refractivity contribution is -0.124. The number of imide groups is 1. The maximum Gasteiger partial charge on any atom is 0.414 e. The third-order valence-electron chi connectivity index (χ3n) is 6.99. The molecule has 6 atom stereocenters. The van der Waals surface area contributed by atoms with Gasteiger partial charge < -0.3 is 24.7 Å². The van der Waals surface area contributed by atoms with Gasteiger partial charge in [0.15, 0.2) is 0 Å². The van der Waals surface area contributed by atoms with E-state index in [1.54, 1.807) is 19.2 Å². The molecule has 1 saturated carbocycles. The highest BCUT2D eigenvalue weighted by Crippen LogP contribution is 2.59. The average Bonchev–Trinajstić information content (AvgIpc) is 3.70. The quantitative estimate of drug-likeness (QED) is 0.245. The predicted molar refractivity (Wildman–Crippen MR) is 130 cm³/mol. The number of thioether (sulfide) groups is 1. The number of rotatable bonds is 8. The molecule has 1 aromatic carbocycles. The molecule has 0 aromatic heterocycles. The number of methoxy groups -OCH3 is 1. The van der Waals surface area contributed by atoms with Crippen LogP contribution in [0.2, 0.25) is 0 Å². The number of anilines is 1. The fourth-order valence-electron chi connectivity index (χ4n) is 5.10. The summed E-state index contributed by atoms with van der Waals surface area (Å²) in [5, 5.41) is 2.33. The summed E-state index contributed by atoms with van der Waals surface area (Å²) in [6.45, 7) is 6.90. The highest BCUT2D eigenvalue weighted by atomic mass is 32.2. The number of hydrogen-bond donors (Lipinski definition) is 2. The Balaban J connectivity index is 1.34. The smallest absolute Gasteiger partial charge is 0.414 e. The molecule has 2 saturated heterocycles. The van der Waals surface area contributed by atoms with Gasteiger partial charge in [0.25, 0.3) is 0 Å². The van der Waals surface area contributed by atoms with Crippen LogP contribution < -0.4 is 11.1 Å². The Morgan fingerprint density at radius 3 is 2.62 bits per heavy atom. The van der Waals surface area contributed by atoms with Gasteiger partial charge in [-0.25, -0.2) is 4.79 Å². The van der Waals surface area contributed by atoms with Crippen molar-refractivity contribution in [2.75, 3.05) is 25.2 Å². The SMILES string of the molecule is COC1C(OC(=O)NC(=O)CSc2ccc(N)cc2)CC[C@]2(CO2)C1[C@@]1(C)O[C@@H]1CC=C(C)C. The van der Waals surface area contributed by atoms with Gasteiger partial charge in [0.2, 0.25) is 5.91 Å². The van der Waals surface area contributed by atoms with Gasteiger partial charge in [-0.15, -0.1) is 11.8 Å². The zero-order valence-corrected chi connectivity index (χ0v) is 21.0. The van der Waals surface area contributed by atoms with Crippen molar-refractivity contribution in [1.82, 2.24) is 5.32 Å². The van der Waals surface area contributed by atoms with E-state index >= 15 is 0 Å². The van der Waals surface area contributed by atoms with Gasteiger partial charge >= 0.3 is 6.09 Å². The highest BCUT2D eigenvalue weighted by molar-refractivity contribution is 8.00. The zero-order chi connectivity index (χ0) is 24.5. The van der Waals surface area contributed by atoms with Crippen LogP contribution in [0.4, 0.5) is 10.5 Å². The normalized spacial score (nSPS) is 33.8. The minimum absolute atomic E-state index is 0.0658. The van der Waals surface area contributed by atoms with Crippen LogP contribution >= 0.6 is 11.8 Å². The number of hydrogen-bond acceptors (Lipinski definition) is 8. The van der Waals surface area contributed by atoms with Crippen molar-refractivity contribution in [2.45, 2.75) is 74.4 Å². The van der Waals surface area contributed by atoms with Gasteiger partial charge in [-0.1, -0.05) is 11.6 Å². The molecule has 1 aliphatic carbocycles. The first-order valence-corrected chi connectivity index (χ1v) is 12.6. The maximum absolute atomic E-state index is 12.5. The van der Waals surface area contributed by atoms with E-state index in [1.165, 1.54) is 17.3 Å². The van der Waals surface area contributed by atoms with E-state index in [4.69, 9.17) is 24.7 Å². The molecule has 3 fully saturated rings. The minimum atomic E-state index is -0.760. The number of epoxide rings is 2. The van der Waals surface area contributed by atoms with Gasteiger partial charge in [-0.2, -0.15) is 0 Å². The first-order chi connectivity index (χ1) is 16.2. The van der Waals surface area contributed by atoms with E-state index in [0.717, 1.165) is 17.7 Å². The van der Waals surface area contributed by atoms with Crippen LogP contribution in [-0.2, 0) is 23.7 Å². The Morgan fingerprint density at radius 1 is 1.29 bits per heavy atom. The summed E-state index contributed by atoms with van der Waals surface area (Å²) in [5.74, 6) is -0.395. The van der Waals surface area contributed by atoms with E-state index in [1.807, 2.05) is 12.1 Å². The molecular formula is C25H34N2O6S. The van der Waals surface area contributed by atoms with Crippen molar-refractivity contribution in [2.24, 2.45) is 5.92 Å². The van der Waals surface area contributed by atoms with Crippen LogP contribution in [0.5, 0.6) is 0 Å². The number of ether oxygens (including phenoxy) is 4. The Kier molecular flexibility index (Phi) is 7.28. The van der Waals surface area contributed by atoms with Gasteiger partial charge in [-0.3, -0.25) is 10.1 Å². The minimum Gasteiger partial charge on any atom is -0.443 e. The Labute approximate surface area is 204 Å². The molecule has 4 rings (SSSR count). The van der Waals surface area contributed by atoms with Crippen molar-refractivity contribution in [1.29, 1.82) is 0 Å². The van der Waals surface area contributed by atoms with E-state index < -0.39 is 23.7 Å². The summed E-state index contributed by atoms with van der Waals surface area (Å²) in [7, 11) is 1.62. The number of allylic oxidation sites excluding steroid dienone is 1. The molecule has 3 aliphatic rings. The van der Waals surface area contributed by atoms with E-state index in [9.17, 15) is 9.59 Å². The second kappa shape index (κ2) is 9.89. The molecule has 2 aliphatic heterocycles. The van der Waals surface area contributed by atoms with Crippen molar-refractivity contribution in [3.05, 3.63) is 35.9 Å². The molecule has 9 heteroatoms. The summed E-state index contributed by atoms with van der Waals surface area (Å²) in [5.41, 5.74) is 6.88. The van der Waals surface area contributed by atoms with Crippen molar-refractivity contribution in [3.63, 3.8) is 0 Å². The molecule has 34 heavy (non-hydrogen) atoms. The largest absolute Gasteiger partial charge is 0.443 e. The number of amides is 2. The highest BCUT2D eigenvalue weighted by Gasteiger charge is 2.72. The van der Waals surface area contributed by atoms with Gasteiger partial charge in [0.05, 0.1) is 24.4 Å². The number of alkyl carbamates (subject to hydrolysis) is 1. The predicted octanol–water partition coefficient (Wildman–Crippen LogP) is 3.69. The topological polar surface area (TPSA) is 116 Å². The third kappa shape index (κ3) is 5.43. The molecule has 0 radical (unpaired) electrons. The average molecular weight is 491 g/mol. The summed E-state index contributed by atoms with van der Waals surface area (Å²) in [6, 6.07) is 7.20. The number of nitrogens with one attached hydrogen (secondary N) is 1. The molecule has 0 bridgehead atoms. The fraction of sp³-hybridized carbons (Fsp3) is 0.600. The van der Waals surface area contributed by atoms with Crippen LogP contribution in [0.25, 0.3) is 0 Å². The van der Waals surface area contributed by atoms with Crippen molar-refractivity contribution >= 4 is 29.4 Å². The summed E-state index contributed by atoms with van der Waals surface area (Å²) < 4.78 is 23.7. The van der Waals surface area contributed by atoms with Gasteiger partial charge in [0.1, 0.15) is 23.4 Å². The second-order valence-corrected chi connectivity index (χ2v) is 10.8. The molecule has 3 N–H and O–H groups in total. The molecule has 1 spiro atoms. The standard InChI is InChI=1S/C25H34N2O6S/c1-15(2)5-10-19-24(3,33-19)22-21(30-4)18(11-12-25(22)14-31-25)32-23(29)27-20(28)13-34-17-8-6-16(26)7-9-17/h5-9,18-19,21-22H,10-14,26H2,1-4H3,(H,27,28,29)/t18?,19-,21?,22?,24+,25+/m1/s1. The Morgan fingerprint density at radius 2 is 2.00 bits per heavy atom. The summed E-state index contributed by atoms with van der Waals surface area (Å²) in [6.07, 6.45) is 2.80. The lowest BCUT2D eigenvalue weighted by Crippen LogP contribution is -2.56. The second-order valence-electron chi connectivity index (χ2n) is 9.73. The molecule has 186 valence electrons. The number of benzene rings is 1. The van der Waals surface area contributed by atoms with Crippen LogP contribution in [0.15, 0.2) is 40.8 Å². The Hall–Kier alpha value is -2.07. The third-order valence-corrected chi connectivity index (χ3v) is 8.00. The lowest BCUT2D eigenvalue weighted by atomic mass is 9.68. The monoisotopic (exact) mass is 490 g/mol. The molecule has 2 heterocycles. The maximum atomic E-state index is 12.5. The molecule has 8 nitrogen and oxygen atoms in total. The van der Waals surface area contributed by atoms with E-state index in [2.05, 4.69) is 32.2 Å². The molecule has 2 amide bonds. The first-order valence-electron chi connectivity index (χ1n) is 11.6. The number of nitrogens with two attached hydrogens (primary N) is 1. The lowest BCUT2D eigenvalue weighted by Gasteiger charge is -2.42. The number of carbonyl (C=O) groups is 2. The van der Waals surface area contributed by atoms with Crippen LogP contribution in [0.1, 0.15) is 40.0 Å². The molecule has 1 aromatic rings. The van der Waals surface area contributed by atoms with E-state index in [-0.39, 0.29) is 29.5 Å². The fourth-order valence-corrected chi connectivity index (χ4v) is 5.80. The molecule has 3 unspecified atom stereocenters. The summed E-state index contributed by atoms with van der Waals surface area (Å²) in [4.78, 5) is 25.7. The first kappa shape index (κ1) is 25.0. The zero-order valence-electron chi connectivity index (χ0n) is 20.2. The Bertz CT molecular complexity index is 943. The van der Waals surface area contributed by atoms with Crippen molar-refractivity contribution < 1.29 is 28.5 Å². The molecular weight excluding hydrogens is 456 g/mol. The number of carbonyl (C=O) groups excluding carboxylic acids is 2. The van der Waals surface area contributed by atoms with Crippen LogP contribution in [-0.4, -0.2) is 61.0 Å².